The molecule has 0 saturated carbocycles. The number of carbonyl (C=O) groups excluding carboxylic acids is 1. The lowest BCUT2D eigenvalue weighted by Crippen LogP contribution is -2.22. The molecule has 23 heavy (non-hydrogen) atoms. The van der Waals surface area contributed by atoms with Gasteiger partial charge in [0.15, 0.2) is 0 Å². The van der Waals surface area contributed by atoms with Crippen LogP contribution in [0.1, 0.15) is 26.5 Å². The average molecular weight is 323 g/mol. The molecule has 1 N–H and O–H groups in total. The minimum atomic E-state index is -0.0922. The molecule has 1 aromatic carbocycles. The third kappa shape index (κ3) is 3.46. The number of rotatable bonds is 4. The second-order valence-corrected chi connectivity index (χ2v) is 6.26. The van der Waals surface area contributed by atoms with E-state index in [1.165, 1.54) is 16.9 Å². The largest absolute Gasteiger partial charge is 0.347 e. The van der Waals surface area contributed by atoms with Gasteiger partial charge in [0.1, 0.15) is 9.88 Å². The van der Waals surface area contributed by atoms with E-state index in [1.807, 2.05) is 56.3 Å². The summed E-state index contributed by atoms with van der Waals surface area (Å²) >= 11 is 1.37. The van der Waals surface area contributed by atoms with E-state index in [4.69, 9.17) is 0 Å². The van der Waals surface area contributed by atoms with E-state index in [9.17, 15) is 4.79 Å². The Hall–Kier alpha value is -2.53. The van der Waals surface area contributed by atoms with E-state index in [2.05, 4.69) is 15.3 Å². The number of aryl methyl sites for hydroxylation is 2. The van der Waals surface area contributed by atoms with Crippen LogP contribution >= 0.6 is 11.3 Å². The Morgan fingerprint density at radius 2 is 1.91 bits per heavy atom. The van der Waals surface area contributed by atoms with Crippen LogP contribution < -0.4 is 5.32 Å². The van der Waals surface area contributed by atoms with Crippen LogP contribution in [0.4, 0.5) is 0 Å². The van der Waals surface area contributed by atoms with Crippen LogP contribution in [0.5, 0.6) is 0 Å². The summed E-state index contributed by atoms with van der Waals surface area (Å²) in [5.41, 5.74) is 3.81. The Morgan fingerprint density at radius 1 is 1.13 bits per heavy atom. The molecule has 0 aliphatic carbocycles. The van der Waals surface area contributed by atoms with Crippen molar-refractivity contribution in [3.05, 3.63) is 70.4 Å². The summed E-state index contributed by atoms with van der Waals surface area (Å²) in [7, 11) is 0. The molecule has 0 bridgehead atoms. The first-order valence-electron chi connectivity index (χ1n) is 7.36. The van der Waals surface area contributed by atoms with Gasteiger partial charge in [-0.05, 0) is 37.1 Å². The SMILES string of the molecule is Cc1ccccc1CNC(=O)c1sc(-c2ccccn2)nc1C. The Labute approximate surface area is 139 Å². The molecule has 1 amide bonds. The van der Waals surface area contributed by atoms with Gasteiger partial charge in [0.05, 0.1) is 11.4 Å². The first-order chi connectivity index (χ1) is 11.1. The highest BCUT2D eigenvalue weighted by molar-refractivity contribution is 7.17. The molecule has 0 aliphatic rings. The first kappa shape index (κ1) is 15.4. The highest BCUT2D eigenvalue weighted by Crippen LogP contribution is 2.26. The Bertz CT molecular complexity index is 827. The van der Waals surface area contributed by atoms with E-state index >= 15 is 0 Å². The number of benzene rings is 1. The van der Waals surface area contributed by atoms with Crippen molar-refractivity contribution in [3.63, 3.8) is 0 Å². The van der Waals surface area contributed by atoms with Crippen molar-refractivity contribution in [2.24, 2.45) is 0 Å². The van der Waals surface area contributed by atoms with Crippen molar-refractivity contribution in [2.45, 2.75) is 20.4 Å². The van der Waals surface area contributed by atoms with Crippen LogP contribution in [0, 0.1) is 13.8 Å². The van der Waals surface area contributed by atoms with Gasteiger partial charge >= 0.3 is 0 Å². The van der Waals surface area contributed by atoms with Crippen LogP contribution in [0.3, 0.4) is 0 Å². The number of aromatic nitrogens is 2. The van der Waals surface area contributed by atoms with Gasteiger partial charge in [-0.1, -0.05) is 30.3 Å². The Balaban J connectivity index is 1.75. The minimum Gasteiger partial charge on any atom is -0.347 e. The van der Waals surface area contributed by atoms with E-state index < -0.39 is 0 Å². The van der Waals surface area contributed by atoms with Crippen molar-refractivity contribution in [1.82, 2.24) is 15.3 Å². The number of carbonyl (C=O) groups is 1. The van der Waals surface area contributed by atoms with Gasteiger partial charge in [0, 0.05) is 12.7 Å². The number of nitrogens with one attached hydrogen (secondary N) is 1. The zero-order valence-corrected chi connectivity index (χ0v) is 13.9. The molecule has 0 unspecified atom stereocenters. The van der Waals surface area contributed by atoms with Crippen LogP contribution in [-0.2, 0) is 6.54 Å². The van der Waals surface area contributed by atoms with Gasteiger partial charge in [0.25, 0.3) is 5.91 Å². The fraction of sp³-hybridized carbons (Fsp3) is 0.167. The highest BCUT2D eigenvalue weighted by atomic mass is 32.1. The Kier molecular flexibility index (Phi) is 4.48. The van der Waals surface area contributed by atoms with Crippen LogP contribution in [-0.4, -0.2) is 15.9 Å². The van der Waals surface area contributed by atoms with Gasteiger partial charge in [-0.15, -0.1) is 11.3 Å². The summed E-state index contributed by atoms with van der Waals surface area (Å²) in [5.74, 6) is -0.0922. The van der Waals surface area contributed by atoms with Gasteiger partial charge in [-0.2, -0.15) is 0 Å². The molecule has 0 spiro atoms. The van der Waals surface area contributed by atoms with Crippen molar-refractivity contribution in [1.29, 1.82) is 0 Å². The predicted molar refractivity (Wildman–Crippen MR) is 92.4 cm³/mol. The molecular weight excluding hydrogens is 306 g/mol. The maximum Gasteiger partial charge on any atom is 0.263 e. The standard InChI is InChI=1S/C18H17N3OS/c1-12-7-3-4-8-14(12)11-20-17(22)16-13(2)21-18(23-16)15-9-5-6-10-19-15/h3-10H,11H2,1-2H3,(H,20,22). The molecule has 0 atom stereocenters. The summed E-state index contributed by atoms with van der Waals surface area (Å²) in [6.07, 6.45) is 1.73. The first-order valence-corrected chi connectivity index (χ1v) is 8.18. The topological polar surface area (TPSA) is 54.9 Å². The highest BCUT2D eigenvalue weighted by Gasteiger charge is 2.16. The number of hydrogen-bond donors (Lipinski definition) is 1. The molecule has 3 aromatic rings. The molecule has 0 saturated heterocycles. The van der Waals surface area contributed by atoms with Gasteiger partial charge in [0.2, 0.25) is 0 Å². The third-order valence-corrected chi connectivity index (χ3v) is 4.77. The second kappa shape index (κ2) is 6.71. The van der Waals surface area contributed by atoms with E-state index in [0.29, 0.717) is 11.4 Å². The molecule has 5 heteroatoms. The maximum absolute atomic E-state index is 12.4. The fourth-order valence-electron chi connectivity index (χ4n) is 2.27. The van der Waals surface area contributed by atoms with Crippen molar-refractivity contribution >= 4 is 17.2 Å². The van der Waals surface area contributed by atoms with E-state index in [0.717, 1.165) is 22.0 Å². The maximum atomic E-state index is 12.4. The zero-order valence-electron chi connectivity index (χ0n) is 13.0. The predicted octanol–water partition coefficient (Wildman–Crippen LogP) is 3.75. The number of nitrogens with zero attached hydrogens (tertiary/aromatic N) is 2. The summed E-state index contributed by atoms with van der Waals surface area (Å²) in [5, 5.41) is 3.74. The zero-order chi connectivity index (χ0) is 16.2. The van der Waals surface area contributed by atoms with Crippen LogP contribution in [0.15, 0.2) is 48.7 Å². The summed E-state index contributed by atoms with van der Waals surface area (Å²) in [6, 6.07) is 13.7. The summed E-state index contributed by atoms with van der Waals surface area (Å²) < 4.78 is 0. The van der Waals surface area contributed by atoms with Crippen molar-refractivity contribution < 1.29 is 4.79 Å². The molecule has 0 aliphatic heterocycles. The lowest BCUT2D eigenvalue weighted by Gasteiger charge is -2.07. The lowest BCUT2D eigenvalue weighted by molar-refractivity contribution is 0.0954. The fourth-order valence-corrected chi connectivity index (χ4v) is 3.23. The van der Waals surface area contributed by atoms with E-state index in [-0.39, 0.29) is 5.91 Å². The normalized spacial score (nSPS) is 10.5. The summed E-state index contributed by atoms with van der Waals surface area (Å²) in [4.78, 5) is 21.8. The number of thiazole rings is 1. The van der Waals surface area contributed by atoms with E-state index in [1.54, 1.807) is 6.20 Å². The molecule has 4 nitrogen and oxygen atoms in total. The number of amides is 1. The van der Waals surface area contributed by atoms with Crippen LogP contribution in [0.25, 0.3) is 10.7 Å². The van der Waals surface area contributed by atoms with Crippen molar-refractivity contribution in [2.75, 3.05) is 0 Å². The smallest absolute Gasteiger partial charge is 0.263 e. The Morgan fingerprint density at radius 3 is 2.65 bits per heavy atom. The molecule has 3 rings (SSSR count). The number of hydrogen-bond acceptors (Lipinski definition) is 4. The monoisotopic (exact) mass is 323 g/mol. The number of pyridine rings is 1. The minimum absolute atomic E-state index is 0.0922. The third-order valence-electron chi connectivity index (χ3n) is 3.59. The quantitative estimate of drug-likeness (QED) is 0.795. The molecule has 116 valence electrons. The van der Waals surface area contributed by atoms with Gasteiger partial charge in [-0.25, -0.2) is 4.98 Å². The molecule has 0 radical (unpaired) electrons. The molecule has 2 heterocycles. The van der Waals surface area contributed by atoms with Gasteiger partial charge in [-0.3, -0.25) is 9.78 Å². The molecular formula is C18H17N3OS. The van der Waals surface area contributed by atoms with Crippen molar-refractivity contribution in [3.8, 4) is 10.7 Å². The van der Waals surface area contributed by atoms with Gasteiger partial charge < -0.3 is 5.32 Å². The molecule has 2 aromatic heterocycles. The summed E-state index contributed by atoms with van der Waals surface area (Å²) in [6.45, 7) is 4.41. The van der Waals surface area contributed by atoms with Crippen LogP contribution in [0.2, 0.25) is 0 Å². The second-order valence-electron chi connectivity index (χ2n) is 5.26. The average Bonchev–Trinajstić information content (AvgIpc) is 2.97. The lowest BCUT2D eigenvalue weighted by atomic mass is 10.1. The molecule has 0 fully saturated rings.